The second kappa shape index (κ2) is 9.42. The maximum Gasteiger partial charge on any atom is 0.259 e. The molecule has 2 aromatic carbocycles. The minimum Gasteiger partial charge on any atom is -0.322 e. The normalized spacial score (nSPS) is 15.5. The molecule has 0 aliphatic carbocycles. The van der Waals surface area contributed by atoms with Crippen molar-refractivity contribution in [2.24, 2.45) is 0 Å². The molecule has 33 heavy (non-hydrogen) atoms. The number of aromatic nitrogens is 2. The van der Waals surface area contributed by atoms with Crippen LogP contribution in [0, 0.1) is 12.7 Å². The van der Waals surface area contributed by atoms with Gasteiger partial charge in [0.1, 0.15) is 11.5 Å². The first-order valence-corrected chi connectivity index (χ1v) is 12.2. The molecule has 1 saturated heterocycles. The van der Waals surface area contributed by atoms with Crippen molar-refractivity contribution < 1.29 is 17.6 Å². The van der Waals surface area contributed by atoms with E-state index in [1.54, 1.807) is 37.3 Å². The summed E-state index contributed by atoms with van der Waals surface area (Å²) in [6, 6.07) is 12.3. The molecule has 1 N–H and O–H groups in total. The molecule has 0 atom stereocenters. The molecule has 4 rings (SSSR count). The predicted octanol–water partition coefficient (Wildman–Crippen LogP) is 2.90. The van der Waals surface area contributed by atoms with Crippen LogP contribution in [-0.4, -0.2) is 66.0 Å². The van der Waals surface area contributed by atoms with E-state index in [4.69, 9.17) is 0 Å². The van der Waals surface area contributed by atoms with Gasteiger partial charge in [-0.05, 0) is 49.9 Å². The summed E-state index contributed by atoms with van der Waals surface area (Å²) in [5.74, 6) is -0.857. The van der Waals surface area contributed by atoms with Crippen LogP contribution >= 0.6 is 0 Å². The largest absolute Gasteiger partial charge is 0.322 e. The number of hydrogen-bond acceptors (Lipinski definition) is 5. The second-order valence-corrected chi connectivity index (χ2v) is 9.76. The molecular formula is C23H26FN5O3S. The van der Waals surface area contributed by atoms with E-state index < -0.39 is 21.7 Å². The maximum atomic E-state index is 14.1. The Morgan fingerprint density at radius 2 is 1.73 bits per heavy atom. The van der Waals surface area contributed by atoms with Crippen LogP contribution in [0.25, 0.3) is 5.69 Å². The third kappa shape index (κ3) is 4.68. The Hall–Kier alpha value is -3.08. The van der Waals surface area contributed by atoms with Gasteiger partial charge in [0, 0.05) is 31.9 Å². The zero-order valence-corrected chi connectivity index (χ0v) is 19.3. The number of para-hydroxylation sites is 1. The molecule has 174 valence electrons. The fourth-order valence-corrected chi connectivity index (χ4v) is 5.26. The van der Waals surface area contributed by atoms with Crippen molar-refractivity contribution in [3.8, 4) is 5.69 Å². The third-order valence-corrected chi connectivity index (χ3v) is 7.78. The lowest BCUT2D eigenvalue weighted by Crippen LogP contribution is -2.48. The standard InChI is InChI=1S/C23H26FN5O3S/c1-3-27-12-14-28(15-13-27)33(31,32)19-10-8-18(9-11-19)26-23(30)20-16-25-29(17(20)2)22-7-5-4-6-21(22)24/h4-11,16H,3,12-15H2,1-2H3,(H,26,30). The topological polar surface area (TPSA) is 87.5 Å². The number of nitrogens with zero attached hydrogens (tertiary/aromatic N) is 4. The highest BCUT2D eigenvalue weighted by Crippen LogP contribution is 2.22. The van der Waals surface area contributed by atoms with Gasteiger partial charge in [-0.3, -0.25) is 4.79 Å². The lowest BCUT2D eigenvalue weighted by Gasteiger charge is -2.33. The van der Waals surface area contributed by atoms with E-state index in [-0.39, 0.29) is 10.6 Å². The summed E-state index contributed by atoms with van der Waals surface area (Å²) < 4.78 is 42.8. The van der Waals surface area contributed by atoms with Crippen LogP contribution in [0.4, 0.5) is 10.1 Å². The Morgan fingerprint density at radius 3 is 2.36 bits per heavy atom. The molecule has 0 radical (unpaired) electrons. The summed E-state index contributed by atoms with van der Waals surface area (Å²) >= 11 is 0. The van der Waals surface area contributed by atoms with Gasteiger partial charge in [-0.25, -0.2) is 17.5 Å². The predicted molar refractivity (Wildman–Crippen MR) is 124 cm³/mol. The van der Waals surface area contributed by atoms with Gasteiger partial charge in [-0.2, -0.15) is 9.40 Å². The van der Waals surface area contributed by atoms with Gasteiger partial charge in [0.05, 0.1) is 22.3 Å². The number of likely N-dealkylation sites (N-methyl/N-ethyl adjacent to an activating group) is 1. The van der Waals surface area contributed by atoms with Gasteiger partial charge in [0.2, 0.25) is 10.0 Å². The van der Waals surface area contributed by atoms with Crippen molar-refractivity contribution in [2.45, 2.75) is 18.7 Å². The van der Waals surface area contributed by atoms with E-state index in [0.29, 0.717) is 43.1 Å². The number of nitrogens with one attached hydrogen (secondary N) is 1. The minimum atomic E-state index is -3.58. The zero-order chi connectivity index (χ0) is 23.6. The average molecular weight is 472 g/mol. The van der Waals surface area contributed by atoms with Gasteiger partial charge in [-0.15, -0.1) is 0 Å². The van der Waals surface area contributed by atoms with Crippen molar-refractivity contribution >= 4 is 21.6 Å². The number of carbonyl (C=O) groups is 1. The number of amides is 1. The molecule has 10 heteroatoms. The van der Waals surface area contributed by atoms with Crippen molar-refractivity contribution in [3.05, 3.63) is 71.8 Å². The van der Waals surface area contributed by atoms with Gasteiger partial charge in [0.25, 0.3) is 5.91 Å². The molecule has 0 bridgehead atoms. The van der Waals surface area contributed by atoms with Crippen LogP contribution in [0.15, 0.2) is 59.6 Å². The Kier molecular flexibility index (Phi) is 6.59. The second-order valence-electron chi connectivity index (χ2n) is 7.82. The van der Waals surface area contributed by atoms with Crippen molar-refractivity contribution in [1.82, 2.24) is 19.0 Å². The van der Waals surface area contributed by atoms with Crippen LogP contribution in [0.1, 0.15) is 23.0 Å². The first kappa shape index (κ1) is 23.1. The zero-order valence-electron chi connectivity index (χ0n) is 18.5. The molecule has 3 aromatic rings. The molecule has 8 nitrogen and oxygen atoms in total. The fraction of sp³-hybridized carbons (Fsp3) is 0.304. The third-order valence-electron chi connectivity index (χ3n) is 5.86. The number of carbonyl (C=O) groups excluding carboxylic acids is 1. The van der Waals surface area contributed by atoms with Crippen LogP contribution in [0.5, 0.6) is 0 Å². The van der Waals surface area contributed by atoms with Crippen molar-refractivity contribution in [3.63, 3.8) is 0 Å². The molecule has 0 saturated carbocycles. The first-order chi connectivity index (χ1) is 15.8. The van der Waals surface area contributed by atoms with E-state index in [0.717, 1.165) is 6.54 Å². The van der Waals surface area contributed by atoms with Gasteiger partial charge >= 0.3 is 0 Å². The molecule has 1 aliphatic rings. The summed E-state index contributed by atoms with van der Waals surface area (Å²) in [6.07, 6.45) is 1.38. The lowest BCUT2D eigenvalue weighted by molar-refractivity contribution is 0.102. The minimum absolute atomic E-state index is 0.189. The average Bonchev–Trinajstić information content (AvgIpc) is 3.21. The molecule has 0 spiro atoms. The summed E-state index contributed by atoms with van der Waals surface area (Å²) in [7, 11) is -3.58. The number of piperazine rings is 1. The van der Waals surface area contributed by atoms with Crippen LogP contribution < -0.4 is 5.32 Å². The van der Waals surface area contributed by atoms with E-state index in [1.165, 1.54) is 33.4 Å². The lowest BCUT2D eigenvalue weighted by atomic mass is 10.2. The molecular weight excluding hydrogens is 445 g/mol. The molecule has 1 fully saturated rings. The Labute approximate surface area is 192 Å². The van der Waals surface area contributed by atoms with E-state index >= 15 is 0 Å². The number of anilines is 1. The SMILES string of the molecule is CCN1CCN(S(=O)(=O)c2ccc(NC(=O)c3cnn(-c4ccccc4F)c3C)cc2)CC1. The monoisotopic (exact) mass is 471 g/mol. The van der Waals surface area contributed by atoms with E-state index in [1.807, 2.05) is 0 Å². The molecule has 2 heterocycles. The van der Waals surface area contributed by atoms with E-state index in [9.17, 15) is 17.6 Å². The quantitative estimate of drug-likeness (QED) is 0.597. The van der Waals surface area contributed by atoms with Crippen LogP contribution in [0.2, 0.25) is 0 Å². The number of hydrogen-bond donors (Lipinski definition) is 1. The van der Waals surface area contributed by atoms with E-state index in [2.05, 4.69) is 22.2 Å². The van der Waals surface area contributed by atoms with Gasteiger partial charge < -0.3 is 10.2 Å². The van der Waals surface area contributed by atoms with Crippen molar-refractivity contribution in [1.29, 1.82) is 0 Å². The number of halogens is 1. The highest BCUT2D eigenvalue weighted by Gasteiger charge is 2.28. The molecule has 1 amide bonds. The summed E-state index contributed by atoms with van der Waals surface area (Å²) in [4.78, 5) is 15.2. The van der Waals surface area contributed by atoms with Gasteiger partial charge in [-0.1, -0.05) is 19.1 Å². The Balaban J connectivity index is 1.47. The number of benzene rings is 2. The van der Waals surface area contributed by atoms with Crippen LogP contribution in [0.3, 0.4) is 0 Å². The first-order valence-electron chi connectivity index (χ1n) is 10.7. The Morgan fingerprint density at radius 1 is 1.06 bits per heavy atom. The molecule has 1 aromatic heterocycles. The smallest absolute Gasteiger partial charge is 0.259 e. The number of sulfonamides is 1. The summed E-state index contributed by atoms with van der Waals surface area (Å²) in [5.41, 5.74) is 1.49. The summed E-state index contributed by atoms with van der Waals surface area (Å²) in [5, 5.41) is 6.90. The molecule has 1 aliphatic heterocycles. The van der Waals surface area contributed by atoms with Crippen LogP contribution in [-0.2, 0) is 10.0 Å². The highest BCUT2D eigenvalue weighted by molar-refractivity contribution is 7.89. The number of rotatable bonds is 6. The van der Waals surface area contributed by atoms with Gasteiger partial charge in [0.15, 0.2) is 0 Å². The Bertz CT molecular complexity index is 1250. The maximum absolute atomic E-state index is 14.1. The van der Waals surface area contributed by atoms with Crippen molar-refractivity contribution in [2.75, 3.05) is 38.0 Å². The molecule has 0 unspecified atom stereocenters. The fourth-order valence-electron chi connectivity index (χ4n) is 3.84. The highest BCUT2D eigenvalue weighted by atomic mass is 32.2. The summed E-state index contributed by atoms with van der Waals surface area (Å²) in [6.45, 7) is 6.99.